The van der Waals surface area contributed by atoms with E-state index in [4.69, 9.17) is 9.47 Å². The maximum absolute atomic E-state index is 12.5. The van der Waals surface area contributed by atoms with E-state index in [1.807, 2.05) is 25.1 Å². The van der Waals surface area contributed by atoms with Crippen LogP contribution in [0.2, 0.25) is 0 Å². The monoisotopic (exact) mass is 304 g/mol. The zero-order chi connectivity index (χ0) is 15.5. The van der Waals surface area contributed by atoms with E-state index in [0.717, 1.165) is 43.9 Å². The van der Waals surface area contributed by atoms with E-state index in [9.17, 15) is 4.79 Å². The van der Waals surface area contributed by atoms with Crippen LogP contribution in [-0.4, -0.2) is 56.3 Å². The Labute approximate surface area is 131 Å². The van der Waals surface area contributed by atoms with Gasteiger partial charge in [-0.05, 0) is 50.6 Å². The maximum atomic E-state index is 12.5. The molecule has 1 fully saturated rings. The Hall–Kier alpha value is -1.59. The first-order chi connectivity index (χ1) is 10.7. The normalized spacial score (nSPS) is 24.6. The molecule has 0 bridgehead atoms. The smallest absolute Gasteiger partial charge is 0.251 e. The molecule has 1 amide bonds. The molecule has 0 aromatic heterocycles. The van der Waals surface area contributed by atoms with Gasteiger partial charge < -0.3 is 19.7 Å². The molecule has 2 heterocycles. The summed E-state index contributed by atoms with van der Waals surface area (Å²) in [4.78, 5) is 14.7. The van der Waals surface area contributed by atoms with Crippen molar-refractivity contribution in [3.63, 3.8) is 0 Å². The van der Waals surface area contributed by atoms with Crippen molar-refractivity contribution in [1.29, 1.82) is 0 Å². The molecule has 2 unspecified atom stereocenters. The van der Waals surface area contributed by atoms with E-state index in [2.05, 4.69) is 17.3 Å². The van der Waals surface area contributed by atoms with Crippen molar-refractivity contribution >= 4 is 5.91 Å². The van der Waals surface area contributed by atoms with Crippen LogP contribution in [0.1, 0.15) is 29.3 Å². The summed E-state index contributed by atoms with van der Waals surface area (Å²) < 4.78 is 11.3. The quantitative estimate of drug-likeness (QED) is 0.915. The number of benzene rings is 1. The number of carbonyl (C=O) groups is 1. The number of aryl methyl sites for hydroxylation is 1. The van der Waals surface area contributed by atoms with E-state index in [1.54, 1.807) is 0 Å². The van der Waals surface area contributed by atoms with Crippen LogP contribution in [-0.2, 0) is 11.2 Å². The van der Waals surface area contributed by atoms with Crippen LogP contribution in [0.3, 0.4) is 0 Å². The minimum absolute atomic E-state index is 0.0293. The van der Waals surface area contributed by atoms with Crippen molar-refractivity contribution in [1.82, 2.24) is 10.2 Å². The molecule has 1 saturated heterocycles. The summed E-state index contributed by atoms with van der Waals surface area (Å²) in [6, 6.07) is 5.75. The molecule has 120 valence electrons. The van der Waals surface area contributed by atoms with Gasteiger partial charge in [0.05, 0.1) is 18.8 Å². The number of ether oxygens (including phenoxy) is 2. The predicted octanol–water partition coefficient (Wildman–Crippen LogP) is 1.46. The molecule has 0 aliphatic carbocycles. The van der Waals surface area contributed by atoms with Crippen molar-refractivity contribution in [3.05, 3.63) is 29.3 Å². The zero-order valence-corrected chi connectivity index (χ0v) is 13.3. The lowest BCUT2D eigenvalue weighted by molar-refractivity contribution is 0.0513. The van der Waals surface area contributed by atoms with Gasteiger partial charge in [-0.1, -0.05) is 0 Å². The van der Waals surface area contributed by atoms with Crippen molar-refractivity contribution in [2.24, 2.45) is 0 Å². The Morgan fingerprint density at radius 2 is 2.32 bits per heavy atom. The third-order valence-corrected chi connectivity index (χ3v) is 4.32. The fourth-order valence-corrected chi connectivity index (χ4v) is 3.24. The standard InChI is InChI=1S/C17H24N2O3/c1-3-21-16-11-19(2)10-14(16)18-17(20)13-6-7-15-12(9-13)5-4-8-22-15/h6-7,9,14,16H,3-5,8,10-11H2,1-2H3,(H,18,20). The molecular weight excluding hydrogens is 280 g/mol. The van der Waals surface area contributed by atoms with E-state index >= 15 is 0 Å². The van der Waals surface area contributed by atoms with Crippen LogP contribution in [0.4, 0.5) is 0 Å². The second-order valence-corrected chi connectivity index (χ2v) is 6.07. The highest BCUT2D eigenvalue weighted by atomic mass is 16.5. The lowest BCUT2D eigenvalue weighted by Crippen LogP contribution is -2.44. The third-order valence-electron chi connectivity index (χ3n) is 4.32. The first-order valence-electron chi connectivity index (χ1n) is 8.04. The number of hydrogen-bond donors (Lipinski definition) is 1. The third kappa shape index (κ3) is 3.25. The molecule has 0 spiro atoms. The average Bonchev–Trinajstić information content (AvgIpc) is 2.86. The van der Waals surface area contributed by atoms with Gasteiger partial charge in [0.15, 0.2) is 0 Å². The molecule has 0 radical (unpaired) electrons. The van der Waals surface area contributed by atoms with Crippen LogP contribution < -0.4 is 10.1 Å². The van der Waals surface area contributed by atoms with E-state index in [0.29, 0.717) is 12.2 Å². The molecule has 2 aliphatic rings. The number of fused-ring (bicyclic) bond motifs is 1. The number of amides is 1. The Balaban J connectivity index is 1.68. The second kappa shape index (κ2) is 6.67. The van der Waals surface area contributed by atoms with Crippen LogP contribution in [0.5, 0.6) is 5.75 Å². The Morgan fingerprint density at radius 1 is 1.45 bits per heavy atom. The number of rotatable bonds is 4. The van der Waals surface area contributed by atoms with Gasteiger partial charge in [-0.3, -0.25) is 4.79 Å². The number of hydrogen-bond acceptors (Lipinski definition) is 4. The van der Waals surface area contributed by atoms with Crippen LogP contribution in [0, 0.1) is 0 Å². The Kier molecular flexibility index (Phi) is 4.64. The van der Waals surface area contributed by atoms with Crippen molar-refractivity contribution in [3.8, 4) is 5.75 Å². The molecule has 5 heteroatoms. The fraction of sp³-hybridized carbons (Fsp3) is 0.588. The minimum Gasteiger partial charge on any atom is -0.493 e. The molecule has 5 nitrogen and oxygen atoms in total. The molecule has 22 heavy (non-hydrogen) atoms. The predicted molar refractivity (Wildman–Crippen MR) is 84.4 cm³/mol. The van der Waals surface area contributed by atoms with Gasteiger partial charge in [-0.15, -0.1) is 0 Å². The Bertz CT molecular complexity index is 547. The summed E-state index contributed by atoms with van der Waals surface area (Å²) in [5.74, 6) is 0.883. The summed E-state index contributed by atoms with van der Waals surface area (Å²) in [6.45, 7) is 5.10. The van der Waals surface area contributed by atoms with Gasteiger partial charge in [0.2, 0.25) is 0 Å². The van der Waals surface area contributed by atoms with Gasteiger partial charge in [-0.2, -0.15) is 0 Å². The maximum Gasteiger partial charge on any atom is 0.251 e. The number of carbonyl (C=O) groups excluding carboxylic acids is 1. The highest BCUT2D eigenvalue weighted by Crippen LogP contribution is 2.25. The summed E-state index contributed by atoms with van der Waals surface area (Å²) in [5, 5.41) is 3.12. The number of nitrogens with zero attached hydrogens (tertiary/aromatic N) is 1. The fourth-order valence-electron chi connectivity index (χ4n) is 3.24. The van der Waals surface area contributed by atoms with Gasteiger partial charge in [0.1, 0.15) is 5.75 Å². The highest BCUT2D eigenvalue weighted by Gasteiger charge is 2.32. The molecule has 0 saturated carbocycles. The lowest BCUT2D eigenvalue weighted by Gasteiger charge is -2.21. The SMILES string of the molecule is CCOC1CN(C)CC1NC(=O)c1ccc2c(c1)CCCO2. The summed E-state index contributed by atoms with van der Waals surface area (Å²) in [5.41, 5.74) is 1.83. The van der Waals surface area contributed by atoms with Crippen LogP contribution in [0.15, 0.2) is 18.2 Å². The van der Waals surface area contributed by atoms with E-state index in [1.165, 1.54) is 0 Å². The topological polar surface area (TPSA) is 50.8 Å². The number of likely N-dealkylation sites (tertiary alicyclic amines) is 1. The first kappa shape index (κ1) is 15.3. The highest BCUT2D eigenvalue weighted by molar-refractivity contribution is 5.94. The molecule has 3 rings (SSSR count). The van der Waals surface area contributed by atoms with E-state index in [-0.39, 0.29) is 18.1 Å². The van der Waals surface area contributed by atoms with Gasteiger partial charge in [0.25, 0.3) is 5.91 Å². The van der Waals surface area contributed by atoms with Crippen molar-refractivity contribution < 1.29 is 14.3 Å². The number of nitrogens with one attached hydrogen (secondary N) is 1. The lowest BCUT2D eigenvalue weighted by atomic mass is 10.0. The molecule has 1 aromatic rings. The van der Waals surface area contributed by atoms with Crippen LogP contribution in [0.25, 0.3) is 0 Å². The summed E-state index contributed by atoms with van der Waals surface area (Å²) >= 11 is 0. The minimum atomic E-state index is -0.0293. The molecule has 2 aliphatic heterocycles. The zero-order valence-electron chi connectivity index (χ0n) is 13.3. The second-order valence-electron chi connectivity index (χ2n) is 6.07. The van der Waals surface area contributed by atoms with Crippen molar-refractivity contribution in [2.45, 2.75) is 31.9 Å². The molecule has 1 aromatic carbocycles. The summed E-state index contributed by atoms with van der Waals surface area (Å²) in [6.07, 6.45) is 2.06. The summed E-state index contributed by atoms with van der Waals surface area (Å²) in [7, 11) is 2.05. The largest absolute Gasteiger partial charge is 0.493 e. The molecule has 2 atom stereocenters. The number of likely N-dealkylation sites (N-methyl/N-ethyl adjacent to an activating group) is 1. The van der Waals surface area contributed by atoms with Gasteiger partial charge in [-0.25, -0.2) is 0 Å². The Morgan fingerprint density at radius 3 is 3.14 bits per heavy atom. The molecule has 1 N–H and O–H groups in total. The molecular formula is C17H24N2O3. The van der Waals surface area contributed by atoms with Crippen molar-refractivity contribution in [2.75, 3.05) is 33.4 Å². The van der Waals surface area contributed by atoms with E-state index < -0.39 is 0 Å². The van der Waals surface area contributed by atoms with Gasteiger partial charge >= 0.3 is 0 Å². The first-order valence-corrected chi connectivity index (χ1v) is 8.04. The average molecular weight is 304 g/mol. The van der Waals surface area contributed by atoms with Gasteiger partial charge in [0, 0.05) is 25.3 Å². The van der Waals surface area contributed by atoms with Crippen LogP contribution >= 0.6 is 0 Å².